The predicted molar refractivity (Wildman–Crippen MR) is 76.0 cm³/mol. The lowest BCUT2D eigenvalue weighted by Crippen LogP contribution is -2.25. The van der Waals surface area contributed by atoms with Crippen LogP contribution in [0.25, 0.3) is 0 Å². The highest BCUT2D eigenvalue weighted by molar-refractivity contribution is 7.89. The first kappa shape index (κ1) is 15.3. The zero-order chi connectivity index (χ0) is 15.3. The zero-order valence-electron chi connectivity index (χ0n) is 11.4. The smallest absolute Gasteiger partial charge is 0.273 e. The number of hydrogen-bond donors (Lipinski definition) is 1. The molecule has 0 aliphatic heterocycles. The lowest BCUT2D eigenvalue weighted by atomic mass is 10.1. The molecule has 0 bridgehead atoms. The highest BCUT2D eigenvalue weighted by atomic mass is 32.2. The molecule has 112 valence electrons. The van der Waals surface area contributed by atoms with E-state index in [9.17, 15) is 13.2 Å². The molecule has 6 nitrogen and oxygen atoms in total. The second kappa shape index (κ2) is 6.55. The van der Waals surface area contributed by atoms with E-state index in [-0.39, 0.29) is 17.4 Å². The molecule has 0 saturated heterocycles. The Balaban J connectivity index is 1.93. The Labute approximate surface area is 122 Å². The molecule has 0 radical (unpaired) electrons. The largest absolute Gasteiger partial charge is 0.497 e. The molecule has 1 N–H and O–H groups in total. The van der Waals surface area contributed by atoms with Crippen molar-refractivity contribution in [3.8, 4) is 5.75 Å². The number of hydrogen-bond acceptors (Lipinski definition) is 5. The summed E-state index contributed by atoms with van der Waals surface area (Å²) in [5, 5.41) is -0.265. The van der Waals surface area contributed by atoms with E-state index in [1.54, 1.807) is 7.11 Å². The van der Waals surface area contributed by atoms with Crippen molar-refractivity contribution in [3.05, 3.63) is 47.7 Å². The van der Waals surface area contributed by atoms with Crippen molar-refractivity contribution in [1.29, 1.82) is 0 Å². The van der Waals surface area contributed by atoms with Gasteiger partial charge in [0.1, 0.15) is 5.75 Å². The fourth-order valence-corrected chi connectivity index (χ4v) is 2.70. The van der Waals surface area contributed by atoms with Crippen LogP contribution in [0.3, 0.4) is 0 Å². The van der Waals surface area contributed by atoms with Gasteiger partial charge in [-0.15, -0.1) is 0 Å². The Morgan fingerprint density at radius 2 is 1.90 bits per heavy atom. The van der Waals surface area contributed by atoms with Gasteiger partial charge in [0.15, 0.2) is 12.0 Å². The van der Waals surface area contributed by atoms with Crippen molar-refractivity contribution >= 4 is 16.3 Å². The van der Waals surface area contributed by atoms with E-state index in [1.165, 1.54) is 12.1 Å². The van der Waals surface area contributed by atoms with Crippen LogP contribution in [0.1, 0.15) is 16.1 Å². The van der Waals surface area contributed by atoms with Crippen LogP contribution in [0.4, 0.5) is 0 Å². The summed E-state index contributed by atoms with van der Waals surface area (Å²) in [6.07, 6.45) is 0.987. The lowest BCUT2D eigenvalue weighted by Gasteiger charge is -2.05. The molecule has 1 aromatic carbocycles. The molecule has 0 saturated carbocycles. The fourth-order valence-electron chi connectivity index (χ4n) is 1.74. The number of rotatable bonds is 7. The number of benzene rings is 1. The summed E-state index contributed by atoms with van der Waals surface area (Å²) in [6.45, 7) is 0.228. The summed E-state index contributed by atoms with van der Waals surface area (Å²) in [5.74, 6) is 0.724. The molecule has 0 aliphatic carbocycles. The van der Waals surface area contributed by atoms with Crippen molar-refractivity contribution in [3.63, 3.8) is 0 Å². The molecule has 0 amide bonds. The van der Waals surface area contributed by atoms with Gasteiger partial charge < -0.3 is 9.15 Å². The van der Waals surface area contributed by atoms with Gasteiger partial charge in [0, 0.05) is 6.54 Å². The Hall–Kier alpha value is -2.12. The Kier molecular flexibility index (Phi) is 4.77. The zero-order valence-corrected chi connectivity index (χ0v) is 12.2. The van der Waals surface area contributed by atoms with Gasteiger partial charge in [0.25, 0.3) is 10.0 Å². The quantitative estimate of drug-likeness (QED) is 0.786. The summed E-state index contributed by atoms with van der Waals surface area (Å²) in [5.41, 5.74) is 0.978. The molecule has 0 fully saturated rings. The molecule has 21 heavy (non-hydrogen) atoms. The average molecular weight is 309 g/mol. The van der Waals surface area contributed by atoms with Gasteiger partial charge in [-0.3, -0.25) is 4.79 Å². The number of aldehydes is 1. The van der Waals surface area contributed by atoms with Crippen LogP contribution in [-0.4, -0.2) is 28.4 Å². The number of methoxy groups -OCH3 is 1. The van der Waals surface area contributed by atoms with Gasteiger partial charge in [-0.2, -0.15) is 0 Å². The number of ether oxygens (including phenoxy) is 1. The summed E-state index contributed by atoms with van der Waals surface area (Å²) >= 11 is 0. The third-order valence-corrected chi connectivity index (χ3v) is 4.18. The summed E-state index contributed by atoms with van der Waals surface area (Å²) in [6, 6.07) is 9.92. The van der Waals surface area contributed by atoms with Crippen LogP contribution < -0.4 is 9.46 Å². The number of carbonyl (C=O) groups is 1. The standard InChI is InChI=1S/C14H15NO5S/c1-19-12-4-2-11(3-5-12)8-9-15-21(17,18)14-7-6-13(10-16)20-14/h2-7,10,15H,8-9H2,1H3. The molecule has 0 atom stereocenters. The van der Waals surface area contributed by atoms with Crippen molar-refractivity contribution in [2.45, 2.75) is 11.5 Å². The lowest BCUT2D eigenvalue weighted by molar-refractivity contribution is 0.109. The normalized spacial score (nSPS) is 11.3. The van der Waals surface area contributed by atoms with Crippen LogP contribution in [-0.2, 0) is 16.4 Å². The molecule has 0 aliphatic rings. The average Bonchev–Trinajstić information content (AvgIpc) is 2.98. The maximum Gasteiger partial charge on any atom is 0.273 e. The number of furan rings is 1. The van der Waals surface area contributed by atoms with Gasteiger partial charge >= 0.3 is 0 Å². The van der Waals surface area contributed by atoms with E-state index in [4.69, 9.17) is 9.15 Å². The molecule has 2 aromatic rings. The second-order valence-corrected chi connectivity index (χ2v) is 5.97. The van der Waals surface area contributed by atoms with Crippen LogP contribution in [0, 0.1) is 0 Å². The SMILES string of the molecule is COc1ccc(CCNS(=O)(=O)c2ccc(C=O)o2)cc1. The topological polar surface area (TPSA) is 85.6 Å². The molecule has 1 heterocycles. The molecule has 0 spiro atoms. The van der Waals surface area contributed by atoms with Crippen LogP contribution in [0.2, 0.25) is 0 Å². The maximum atomic E-state index is 11.9. The van der Waals surface area contributed by atoms with E-state index in [1.807, 2.05) is 24.3 Å². The number of sulfonamides is 1. The van der Waals surface area contributed by atoms with E-state index in [0.717, 1.165) is 11.3 Å². The van der Waals surface area contributed by atoms with E-state index < -0.39 is 10.0 Å². The molecular weight excluding hydrogens is 294 g/mol. The minimum Gasteiger partial charge on any atom is -0.497 e. The number of nitrogens with one attached hydrogen (secondary N) is 1. The molecule has 1 aromatic heterocycles. The molecular formula is C14H15NO5S. The summed E-state index contributed by atoms with van der Waals surface area (Å²) < 4.78 is 36.2. The third kappa shape index (κ3) is 3.93. The molecule has 7 heteroatoms. The first-order valence-electron chi connectivity index (χ1n) is 6.23. The minimum atomic E-state index is -3.73. The second-order valence-electron chi connectivity index (χ2n) is 4.27. The predicted octanol–water partition coefficient (Wildman–Crippen LogP) is 1.62. The highest BCUT2D eigenvalue weighted by Gasteiger charge is 2.17. The van der Waals surface area contributed by atoms with Gasteiger partial charge in [-0.05, 0) is 36.2 Å². The fraction of sp³-hybridized carbons (Fsp3) is 0.214. The van der Waals surface area contributed by atoms with Gasteiger partial charge in [-0.1, -0.05) is 12.1 Å². The Morgan fingerprint density at radius 3 is 2.48 bits per heavy atom. The van der Waals surface area contributed by atoms with Crippen molar-refractivity contribution < 1.29 is 22.4 Å². The van der Waals surface area contributed by atoms with E-state index in [2.05, 4.69) is 4.72 Å². The van der Waals surface area contributed by atoms with E-state index in [0.29, 0.717) is 12.7 Å². The van der Waals surface area contributed by atoms with E-state index >= 15 is 0 Å². The first-order chi connectivity index (χ1) is 10.0. The Bertz CT molecular complexity index is 703. The summed E-state index contributed by atoms with van der Waals surface area (Å²) in [4.78, 5) is 10.5. The van der Waals surface area contributed by atoms with Gasteiger partial charge in [-0.25, -0.2) is 13.1 Å². The first-order valence-corrected chi connectivity index (χ1v) is 7.71. The van der Waals surface area contributed by atoms with Gasteiger partial charge in [0.05, 0.1) is 7.11 Å². The molecule has 2 rings (SSSR count). The van der Waals surface area contributed by atoms with Crippen molar-refractivity contribution in [1.82, 2.24) is 4.72 Å². The van der Waals surface area contributed by atoms with Gasteiger partial charge in [0.2, 0.25) is 5.09 Å². The van der Waals surface area contributed by atoms with Crippen LogP contribution in [0.5, 0.6) is 5.75 Å². The van der Waals surface area contributed by atoms with Crippen LogP contribution >= 0.6 is 0 Å². The summed E-state index contributed by atoms with van der Waals surface area (Å²) in [7, 11) is -2.15. The monoisotopic (exact) mass is 309 g/mol. The highest BCUT2D eigenvalue weighted by Crippen LogP contribution is 2.13. The van der Waals surface area contributed by atoms with Crippen molar-refractivity contribution in [2.24, 2.45) is 0 Å². The third-order valence-electron chi connectivity index (χ3n) is 2.85. The number of carbonyl (C=O) groups excluding carboxylic acids is 1. The molecule has 0 unspecified atom stereocenters. The van der Waals surface area contributed by atoms with Crippen molar-refractivity contribution in [2.75, 3.05) is 13.7 Å². The van der Waals surface area contributed by atoms with Crippen LogP contribution in [0.15, 0.2) is 45.9 Å². The Morgan fingerprint density at radius 1 is 1.19 bits per heavy atom. The minimum absolute atomic E-state index is 0.0227. The maximum absolute atomic E-state index is 11.9.